The van der Waals surface area contributed by atoms with Crippen molar-refractivity contribution < 1.29 is 0 Å². The third-order valence-corrected chi connectivity index (χ3v) is 5.76. The molecule has 29 heavy (non-hydrogen) atoms. The minimum absolute atomic E-state index is 0.0337. The van der Waals surface area contributed by atoms with Gasteiger partial charge in [-0.05, 0) is 18.4 Å². The predicted molar refractivity (Wildman–Crippen MR) is 118 cm³/mol. The van der Waals surface area contributed by atoms with Gasteiger partial charge in [-0.15, -0.1) is 0 Å². The molecule has 2 aromatic heterocycles. The molecule has 0 amide bonds. The average molecular weight is 413 g/mol. The van der Waals surface area contributed by atoms with Crippen LogP contribution in [-0.4, -0.2) is 42.8 Å². The number of hydrogen-bond acceptors (Lipinski definition) is 6. The molecular weight excluding hydrogens is 388 g/mol. The summed E-state index contributed by atoms with van der Waals surface area (Å²) in [5, 5.41) is 0. The molecule has 8 nitrogen and oxygen atoms in total. The lowest BCUT2D eigenvalue weighted by Gasteiger charge is -2.31. The third-order valence-electron chi connectivity index (χ3n) is 5.43. The largest absolute Gasteiger partial charge is 0.340 e. The Hall–Kier alpha value is -2.78. The number of benzene rings is 1. The lowest BCUT2D eigenvalue weighted by Crippen LogP contribution is -2.44. The zero-order valence-electron chi connectivity index (χ0n) is 16.5. The molecule has 9 heteroatoms. The molecule has 1 aromatic carbocycles. The Morgan fingerprint density at radius 3 is 2.62 bits per heavy atom. The van der Waals surface area contributed by atoms with E-state index in [1.165, 1.54) is 11.6 Å². The lowest BCUT2D eigenvalue weighted by molar-refractivity contribution is 0.499. The number of fused-ring (bicyclic) bond motifs is 1. The van der Waals surface area contributed by atoms with Crippen LogP contribution in [0.15, 0.2) is 39.9 Å². The van der Waals surface area contributed by atoms with Gasteiger partial charge in [-0.1, -0.05) is 42.5 Å². The highest BCUT2D eigenvalue weighted by Gasteiger charge is 2.27. The fourth-order valence-electron chi connectivity index (χ4n) is 3.87. The molecule has 152 valence electrons. The molecule has 0 radical (unpaired) electrons. The van der Waals surface area contributed by atoms with Gasteiger partial charge < -0.3 is 10.6 Å². The molecule has 0 aliphatic carbocycles. The summed E-state index contributed by atoms with van der Waals surface area (Å²) in [6.45, 7) is 1.41. The summed E-state index contributed by atoms with van der Waals surface area (Å²) in [5.41, 5.74) is 7.07. The Labute approximate surface area is 173 Å². The predicted octanol–water partition coefficient (Wildman–Crippen LogP) is 0.779. The fourth-order valence-corrected chi connectivity index (χ4v) is 4.21. The van der Waals surface area contributed by atoms with Crippen LogP contribution in [0, 0.1) is 0 Å². The third kappa shape index (κ3) is 3.40. The van der Waals surface area contributed by atoms with Gasteiger partial charge in [0.1, 0.15) is 0 Å². The van der Waals surface area contributed by atoms with Crippen LogP contribution in [0.5, 0.6) is 0 Å². The maximum absolute atomic E-state index is 13.0. The van der Waals surface area contributed by atoms with Gasteiger partial charge in [0.15, 0.2) is 11.2 Å². The minimum Gasteiger partial charge on any atom is -0.340 e. The second kappa shape index (κ2) is 7.57. The molecule has 0 saturated carbocycles. The number of piperidine rings is 1. The first-order chi connectivity index (χ1) is 13.9. The number of hydrogen-bond donors (Lipinski definition) is 1. The fraction of sp³-hybridized carbons (Fsp3) is 0.400. The van der Waals surface area contributed by atoms with Gasteiger partial charge >= 0.3 is 5.69 Å². The summed E-state index contributed by atoms with van der Waals surface area (Å²) < 4.78 is 4.22. The van der Waals surface area contributed by atoms with E-state index in [0.29, 0.717) is 35.1 Å². The Balaban J connectivity index is 1.94. The minimum atomic E-state index is -0.414. The van der Waals surface area contributed by atoms with Crippen LogP contribution in [0.4, 0.5) is 5.95 Å². The zero-order valence-corrected chi connectivity index (χ0v) is 17.4. The zero-order chi connectivity index (χ0) is 20.7. The SMILES string of the molecule is Cn1c(=O)c2c(nc(N3CCCC(N)C3)n2C(=S)Cc2ccccc2)n(C)c1=O. The summed E-state index contributed by atoms with van der Waals surface area (Å²) in [6.07, 6.45) is 2.37. The van der Waals surface area contributed by atoms with Gasteiger partial charge in [0.25, 0.3) is 5.56 Å². The number of nitrogens with zero attached hydrogens (tertiary/aromatic N) is 5. The van der Waals surface area contributed by atoms with E-state index in [0.717, 1.165) is 29.5 Å². The van der Waals surface area contributed by atoms with Crippen molar-refractivity contribution in [2.45, 2.75) is 25.3 Å². The van der Waals surface area contributed by atoms with E-state index in [1.807, 2.05) is 30.3 Å². The standard InChI is InChI=1S/C20H24N6O2S/c1-23-17-16(18(27)24(2)20(23)28)26(15(29)11-13-7-4-3-5-8-13)19(22-17)25-10-6-9-14(21)12-25/h3-5,7-8,14H,6,9-12,21H2,1-2H3. The second-order valence-electron chi connectivity index (χ2n) is 7.53. The van der Waals surface area contributed by atoms with Crippen LogP contribution >= 0.6 is 12.2 Å². The smallest absolute Gasteiger partial charge is 0.332 e. The second-order valence-corrected chi connectivity index (χ2v) is 8.00. The summed E-state index contributed by atoms with van der Waals surface area (Å²) >= 11 is 5.78. The monoisotopic (exact) mass is 412 g/mol. The quantitative estimate of drug-likeness (QED) is 0.640. The number of nitrogens with two attached hydrogens (primary N) is 1. The van der Waals surface area contributed by atoms with E-state index in [2.05, 4.69) is 4.90 Å². The van der Waals surface area contributed by atoms with Crippen molar-refractivity contribution in [1.29, 1.82) is 0 Å². The average Bonchev–Trinajstić information content (AvgIpc) is 3.12. The Bertz CT molecular complexity index is 1190. The Morgan fingerprint density at radius 2 is 1.93 bits per heavy atom. The molecule has 4 rings (SSSR count). The molecule has 1 aliphatic rings. The van der Waals surface area contributed by atoms with Gasteiger partial charge in [0.05, 0.1) is 4.99 Å². The molecule has 1 atom stereocenters. The van der Waals surface area contributed by atoms with E-state index >= 15 is 0 Å². The van der Waals surface area contributed by atoms with Crippen LogP contribution in [0.1, 0.15) is 18.4 Å². The summed E-state index contributed by atoms with van der Waals surface area (Å²) in [4.78, 5) is 32.8. The number of anilines is 1. The lowest BCUT2D eigenvalue weighted by atomic mass is 10.1. The maximum Gasteiger partial charge on any atom is 0.332 e. The molecule has 1 aliphatic heterocycles. The van der Waals surface area contributed by atoms with Crippen LogP contribution in [0.3, 0.4) is 0 Å². The molecule has 1 unspecified atom stereocenters. The van der Waals surface area contributed by atoms with E-state index < -0.39 is 11.2 Å². The number of rotatable bonds is 3. The summed E-state index contributed by atoms with van der Waals surface area (Å²) in [7, 11) is 3.09. The summed E-state index contributed by atoms with van der Waals surface area (Å²) in [5.74, 6) is 0.578. The van der Waals surface area contributed by atoms with Gasteiger partial charge in [0, 0.05) is 39.6 Å². The van der Waals surface area contributed by atoms with Crippen molar-refractivity contribution in [2.75, 3.05) is 18.0 Å². The Morgan fingerprint density at radius 1 is 1.21 bits per heavy atom. The van der Waals surface area contributed by atoms with Crippen molar-refractivity contribution >= 4 is 34.3 Å². The topological polar surface area (TPSA) is 91.1 Å². The number of thiocarbonyl (C=S) groups is 1. The van der Waals surface area contributed by atoms with Crippen LogP contribution < -0.4 is 21.9 Å². The maximum atomic E-state index is 13.0. The van der Waals surface area contributed by atoms with Crippen molar-refractivity contribution in [3.05, 3.63) is 56.7 Å². The molecule has 2 N–H and O–H groups in total. The first-order valence-corrected chi connectivity index (χ1v) is 10.1. The van der Waals surface area contributed by atoms with Crippen molar-refractivity contribution in [3.8, 4) is 0 Å². The molecule has 0 bridgehead atoms. The molecule has 0 spiro atoms. The van der Waals surface area contributed by atoms with Gasteiger partial charge in [0.2, 0.25) is 5.95 Å². The van der Waals surface area contributed by atoms with Crippen molar-refractivity contribution in [2.24, 2.45) is 19.8 Å². The molecule has 3 aromatic rings. The highest BCUT2D eigenvalue weighted by molar-refractivity contribution is 7.80. The van der Waals surface area contributed by atoms with E-state index in [1.54, 1.807) is 11.6 Å². The molecule has 3 heterocycles. The number of imidazole rings is 1. The van der Waals surface area contributed by atoms with Crippen LogP contribution in [-0.2, 0) is 20.5 Å². The number of aryl methyl sites for hydroxylation is 1. The van der Waals surface area contributed by atoms with Crippen LogP contribution in [0.25, 0.3) is 11.2 Å². The van der Waals surface area contributed by atoms with Crippen molar-refractivity contribution in [3.63, 3.8) is 0 Å². The first kappa shape index (κ1) is 19.5. The summed E-state index contributed by atoms with van der Waals surface area (Å²) in [6, 6.07) is 9.89. The first-order valence-electron chi connectivity index (χ1n) is 9.64. The Kier molecular flexibility index (Phi) is 5.10. The van der Waals surface area contributed by atoms with E-state index in [9.17, 15) is 9.59 Å². The van der Waals surface area contributed by atoms with Gasteiger partial charge in [-0.25, -0.2) is 4.79 Å². The normalized spacial score (nSPS) is 17.1. The molecular formula is C20H24N6O2S. The van der Waals surface area contributed by atoms with Gasteiger partial charge in [-0.2, -0.15) is 4.98 Å². The van der Waals surface area contributed by atoms with Crippen LogP contribution in [0.2, 0.25) is 0 Å². The molecule has 1 fully saturated rings. The highest BCUT2D eigenvalue weighted by atomic mass is 32.1. The number of aromatic nitrogens is 4. The van der Waals surface area contributed by atoms with Gasteiger partial charge in [-0.3, -0.25) is 18.5 Å². The molecule has 1 saturated heterocycles. The van der Waals surface area contributed by atoms with E-state index in [4.69, 9.17) is 22.9 Å². The van der Waals surface area contributed by atoms with E-state index in [-0.39, 0.29) is 6.04 Å². The van der Waals surface area contributed by atoms with Crippen molar-refractivity contribution in [1.82, 2.24) is 18.7 Å². The highest BCUT2D eigenvalue weighted by Crippen LogP contribution is 2.24.